The molecule has 14 heavy (non-hydrogen) atoms. The van der Waals surface area contributed by atoms with E-state index in [1.807, 2.05) is 0 Å². The summed E-state index contributed by atoms with van der Waals surface area (Å²) >= 11 is 0. The molecule has 4 heteroatoms. The van der Waals surface area contributed by atoms with Crippen LogP contribution in [0.1, 0.15) is 13.3 Å². The average Bonchev–Trinajstić information content (AvgIpc) is 2.14. The van der Waals surface area contributed by atoms with Gasteiger partial charge in [0.05, 0.1) is 0 Å². The summed E-state index contributed by atoms with van der Waals surface area (Å²) < 4.78 is 0. The molecule has 0 aromatic heterocycles. The number of ketones is 2. The number of aliphatic hydroxyl groups excluding tert-OH is 2. The van der Waals surface area contributed by atoms with Crippen LogP contribution in [0.4, 0.5) is 0 Å². The topological polar surface area (TPSA) is 74.6 Å². The van der Waals surface area contributed by atoms with Crippen LogP contribution < -0.4 is 0 Å². The molecule has 2 unspecified atom stereocenters. The van der Waals surface area contributed by atoms with Crippen molar-refractivity contribution in [1.29, 1.82) is 0 Å². The number of allylic oxidation sites excluding steroid dienone is 1. The SMILES string of the molecule is C=CC(=O)CC(O)C(=O)C(O)C(=C)C. The van der Waals surface area contributed by atoms with E-state index in [2.05, 4.69) is 13.2 Å². The van der Waals surface area contributed by atoms with Gasteiger partial charge in [-0.15, -0.1) is 0 Å². The minimum Gasteiger partial charge on any atom is -0.385 e. The van der Waals surface area contributed by atoms with Gasteiger partial charge in [0.15, 0.2) is 11.6 Å². The third kappa shape index (κ3) is 3.64. The zero-order chi connectivity index (χ0) is 11.3. The van der Waals surface area contributed by atoms with Gasteiger partial charge in [0.2, 0.25) is 0 Å². The average molecular weight is 198 g/mol. The maximum atomic E-state index is 11.2. The molecule has 0 saturated heterocycles. The Balaban J connectivity index is 4.32. The maximum Gasteiger partial charge on any atom is 0.194 e. The summed E-state index contributed by atoms with van der Waals surface area (Å²) in [4.78, 5) is 22.0. The molecule has 0 bridgehead atoms. The van der Waals surface area contributed by atoms with Gasteiger partial charge < -0.3 is 10.2 Å². The van der Waals surface area contributed by atoms with Gasteiger partial charge in [0.25, 0.3) is 0 Å². The van der Waals surface area contributed by atoms with E-state index >= 15 is 0 Å². The minimum absolute atomic E-state index is 0.236. The second-order valence-corrected chi connectivity index (χ2v) is 3.04. The van der Waals surface area contributed by atoms with Crippen molar-refractivity contribution in [3.8, 4) is 0 Å². The van der Waals surface area contributed by atoms with E-state index in [-0.39, 0.29) is 12.0 Å². The molecule has 2 N–H and O–H groups in total. The number of hydrogen-bond acceptors (Lipinski definition) is 4. The normalized spacial score (nSPS) is 14.2. The molecular weight excluding hydrogens is 184 g/mol. The summed E-state index contributed by atoms with van der Waals surface area (Å²) in [6, 6.07) is 0. The zero-order valence-electron chi connectivity index (χ0n) is 8.06. The Morgan fingerprint density at radius 2 is 1.93 bits per heavy atom. The summed E-state index contributed by atoms with van der Waals surface area (Å²) in [6.45, 7) is 8.03. The van der Waals surface area contributed by atoms with Crippen LogP contribution >= 0.6 is 0 Å². The van der Waals surface area contributed by atoms with Crippen molar-refractivity contribution < 1.29 is 19.8 Å². The lowest BCUT2D eigenvalue weighted by Crippen LogP contribution is -2.33. The van der Waals surface area contributed by atoms with E-state index < -0.39 is 23.8 Å². The van der Waals surface area contributed by atoms with E-state index in [0.717, 1.165) is 6.08 Å². The highest BCUT2D eigenvalue weighted by Gasteiger charge is 2.25. The molecule has 0 aromatic carbocycles. The van der Waals surface area contributed by atoms with Crippen LogP contribution in [-0.4, -0.2) is 34.0 Å². The van der Waals surface area contributed by atoms with E-state index in [1.165, 1.54) is 6.92 Å². The molecular formula is C10H14O4. The number of carbonyl (C=O) groups excluding carboxylic acids is 2. The van der Waals surface area contributed by atoms with Gasteiger partial charge in [-0.3, -0.25) is 9.59 Å². The Morgan fingerprint density at radius 3 is 2.29 bits per heavy atom. The van der Waals surface area contributed by atoms with Crippen molar-refractivity contribution in [3.05, 3.63) is 24.8 Å². The third-order valence-corrected chi connectivity index (χ3v) is 1.69. The molecule has 0 saturated carbocycles. The highest BCUT2D eigenvalue weighted by Crippen LogP contribution is 2.05. The molecule has 0 radical (unpaired) electrons. The van der Waals surface area contributed by atoms with Crippen molar-refractivity contribution in [2.24, 2.45) is 0 Å². The summed E-state index contributed by atoms with van der Waals surface area (Å²) in [6.07, 6.45) is -2.24. The lowest BCUT2D eigenvalue weighted by molar-refractivity contribution is -0.136. The van der Waals surface area contributed by atoms with Gasteiger partial charge in [0, 0.05) is 6.42 Å². The molecule has 4 nitrogen and oxygen atoms in total. The smallest absolute Gasteiger partial charge is 0.194 e. The first-order valence-electron chi connectivity index (χ1n) is 4.10. The van der Waals surface area contributed by atoms with Crippen LogP contribution in [0.2, 0.25) is 0 Å². The monoisotopic (exact) mass is 198 g/mol. The standard InChI is InChI=1S/C10H14O4/c1-4-7(11)5-8(12)10(14)9(13)6(2)3/h4,8-9,12-13H,1-2,5H2,3H3. The zero-order valence-corrected chi connectivity index (χ0v) is 8.06. The molecule has 2 atom stereocenters. The maximum absolute atomic E-state index is 11.2. The first-order chi connectivity index (χ1) is 6.40. The summed E-state index contributed by atoms with van der Waals surface area (Å²) in [7, 11) is 0. The molecule has 0 aliphatic rings. The van der Waals surface area contributed by atoms with Crippen LogP contribution in [-0.2, 0) is 9.59 Å². The highest BCUT2D eigenvalue weighted by atomic mass is 16.3. The minimum atomic E-state index is -1.49. The second-order valence-electron chi connectivity index (χ2n) is 3.04. The first-order valence-corrected chi connectivity index (χ1v) is 4.10. The Hall–Kier alpha value is -1.26. The van der Waals surface area contributed by atoms with Crippen LogP contribution in [0.15, 0.2) is 24.8 Å². The van der Waals surface area contributed by atoms with Gasteiger partial charge in [0.1, 0.15) is 12.2 Å². The fourth-order valence-electron chi connectivity index (χ4n) is 0.800. The third-order valence-electron chi connectivity index (χ3n) is 1.69. The van der Waals surface area contributed by atoms with Crippen molar-refractivity contribution in [3.63, 3.8) is 0 Å². The van der Waals surface area contributed by atoms with Crippen LogP contribution in [0.3, 0.4) is 0 Å². The number of carbonyl (C=O) groups is 2. The molecule has 0 rings (SSSR count). The van der Waals surface area contributed by atoms with E-state index in [0.29, 0.717) is 0 Å². The highest BCUT2D eigenvalue weighted by molar-refractivity contribution is 5.96. The van der Waals surface area contributed by atoms with Crippen LogP contribution in [0.25, 0.3) is 0 Å². The van der Waals surface area contributed by atoms with Gasteiger partial charge >= 0.3 is 0 Å². The fourth-order valence-corrected chi connectivity index (χ4v) is 0.800. The van der Waals surface area contributed by atoms with Crippen LogP contribution in [0, 0.1) is 0 Å². The fraction of sp³-hybridized carbons (Fsp3) is 0.400. The number of hydrogen-bond donors (Lipinski definition) is 2. The Morgan fingerprint density at radius 1 is 1.43 bits per heavy atom. The summed E-state index contributed by atoms with van der Waals surface area (Å²) in [5.74, 6) is -1.26. The summed E-state index contributed by atoms with van der Waals surface area (Å²) in [5, 5.41) is 18.4. The van der Waals surface area contributed by atoms with Crippen molar-refractivity contribution >= 4 is 11.6 Å². The van der Waals surface area contributed by atoms with Gasteiger partial charge in [-0.2, -0.15) is 0 Å². The number of Topliss-reactive ketones (excluding diaryl/α,β-unsaturated/α-hetero) is 1. The van der Waals surface area contributed by atoms with Crippen molar-refractivity contribution in [2.75, 3.05) is 0 Å². The van der Waals surface area contributed by atoms with Gasteiger partial charge in [-0.25, -0.2) is 0 Å². The molecule has 0 heterocycles. The number of rotatable bonds is 6. The van der Waals surface area contributed by atoms with E-state index in [9.17, 15) is 19.8 Å². The van der Waals surface area contributed by atoms with Gasteiger partial charge in [-0.1, -0.05) is 13.2 Å². The summed E-state index contributed by atoms with van der Waals surface area (Å²) in [5.41, 5.74) is 0.236. The molecule has 0 amide bonds. The van der Waals surface area contributed by atoms with E-state index in [4.69, 9.17) is 0 Å². The predicted octanol–water partition coefficient (Wildman–Crippen LogP) is -0.00140. The largest absolute Gasteiger partial charge is 0.385 e. The Labute approximate surface area is 82.6 Å². The lowest BCUT2D eigenvalue weighted by atomic mass is 10.0. The first kappa shape index (κ1) is 12.7. The Kier molecular flexibility index (Phi) is 4.97. The molecule has 0 spiro atoms. The van der Waals surface area contributed by atoms with E-state index in [1.54, 1.807) is 0 Å². The molecule has 0 fully saturated rings. The quantitative estimate of drug-likeness (QED) is 0.465. The van der Waals surface area contributed by atoms with Crippen molar-refractivity contribution in [1.82, 2.24) is 0 Å². The molecule has 0 aliphatic heterocycles. The lowest BCUT2D eigenvalue weighted by Gasteiger charge is -2.13. The molecule has 0 aromatic rings. The molecule has 78 valence electrons. The van der Waals surface area contributed by atoms with Crippen LogP contribution in [0.5, 0.6) is 0 Å². The Bertz CT molecular complexity index is 267. The molecule has 0 aliphatic carbocycles. The second kappa shape index (κ2) is 5.47. The van der Waals surface area contributed by atoms with Gasteiger partial charge in [-0.05, 0) is 18.6 Å². The predicted molar refractivity (Wildman–Crippen MR) is 51.7 cm³/mol. The van der Waals surface area contributed by atoms with Crippen molar-refractivity contribution in [2.45, 2.75) is 25.6 Å². The number of aliphatic hydroxyl groups is 2.